The van der Waals surface area contributed by atoms with Gasteiger partial charge in [-0.2, -0.15) is 0 Å². The van der Waals surface area contributed by atoms with Crippen LogP contribution in [0.25, 0.3) is 0 Å². The molecule has 466 valence electrons. The van der Waals surface area contributed by atoms with E-state index in [-0.39, 0.29) is 0 Å². The van der Waals surface area contributed by atoms with Crippen LogP contribution in [0, 0.1) is 0 Å². The molecule has 5 heterocycles. The molecular formula is C44H74O36. The lowest BCUT2D eigenvalue weighted by Gasteiger charge is -2.48. The number of hydrogen-bond acceptors (Lipinski definition) is 36. The van der Waals surface area contributed by atoms with E-state index in [1.54, 1.807) is 0 Å². The normalized spacial score (nSPS) is 42.5. The van der Waals surface area contributed by atoms with Gasteiger partial charge in [-0.3, -0.25) is 0 Å². The summed E-state index contributed by atoms with van der Waals surface area (Å²) in [6.07, 6.45) is -59.1. The second-order valence-electron chi connectivity index (χ2n) is 19.1. The van der Waals surface area contributed by atoms with Crippen LogP contribution in [0.2, 0.25) is 0 Å². The summed E-state index contributed by atoms with van der Waals surface area (Å²) in [4.78, 5) is 0. The number of hydrogen-bond donors (Lipinski definition) is 24. The predicted molar refractivity (Wildman–Crippen MR) is 245 cm³/mol. The first kappa shape index (κ1) is 67.6. The van der Waals surface area contributed by atoms with Crippen molar-refractivity contribution in [1.82, 2.24) is 0 Å². The molecule has 0 aromatic carbocycles. The molecule has 0 bridgehead atoms. The van der Waals surface area contributed by atoms with E-state index in [9.17, 15) is 123 Å². The Bertz CT molecular complexity index is 1980. The molecule has 0 aromatic rings. The molecule has 5 rings (SSSR count). The van der Waals surface area contributed by atoms with E-state index in [0.717, 1.165) is 13.8 Å². The maximum Gasteiger partial charge on any atom is 0.272 e. The highest BCUT2D eigenvalue weighted by molar-refractivity contribution is 5.09. The van der Waals surface area contributed by atoms with E-state index in [1.165, 1.54) is 0 Å². The lowest BCUT2D eigenvalue weighted by atomic mass is 9.96. The maximum absolute atomic E-state index is 11.8. The molecular weight excluding hydrogens is 1100 g/mol. The quantitative estimate of drug-likeness (QED) is 0.0298. The molecule has 24 N–H and O–H groups in total. The zero-order valence-corrected chi connectivity index (χ0v) is 42.4. The molecule has 5 saturated heterocycles. The molecule has 0 amide bonds. The zero-order chi connectivity index (χ0) is 59.8. The van der Waals surface area contributed by atoms with Crippen LogP contribution in [-0.2, 0) is 56.8 Å². The van der Waals surface area contributed by atoms with Gasteiger partial charge in [0, 0.05) is 19.1 Å². The number of aliphatic hydroxyl groups is 24. The topological polar surface area (TPSA) is 596 Å². The Hall–Kier alpha value is -3.18. The minimum atomic E-state index is -2.60. The molecule has 0 spiro atoms. The average Bonchev–Trinajstić information content (AvgIpc) is 3.55. The van der Waals surface area contributed by atoms with Crippen LogP contribution in [0.3, 0.4) is 0 Å². The third-order valence-electron chi connectivity index (χ3n) is 13.2. The van der Waals surface area contributed by atoms with Crippen LogP contribution in [0.4, 0.5) is 0 Å². The summed E-state index contributed by atoms with van der Waals surface area (Å²) in [5.74, 6) is -6.06. The van der Waals surface area contributed by atoms with E-state index in [4.69, 9.17) is 56.8 Å². The molecule has 0 saturated carbocycles. The first-order chi connectivity index (χ1) is 37.5. The smallest absolute Gasteiger partial charge is 0.272 e. The predicted octanol–water partition coefficient (Wildman–Crippen LogP) is -11.0. The van der Waals surface area contributed by atoms with Crippen molar-refractivity contribution < 1.29 is 179 Å². The van der Waals surface area contributed by atoms with Crippen molar-refractivity contribution in [2.75, 3.05) is 39.6 Å². The van der Waals surface area contributed by atoms with Crippen molar-refractivity contribution in [3.63, 3.8) is 0 Å². The molecule has 0 radical (unpaired) electrons. The molecule has 36 heteroatoms. The first-order valence-electron chi connectivity index (χ1n) is 24.7. The van der Waals surface area contributed by atoms with Gasteiger partial charge in [-0.15, -0.1) is 0 Å². The standard InChI is InChI=1S/C44H74O36/c1-11(47)20(52)29(61)38(67)69-8-16-24(56)26(58)32(64)43(75-16)78-36-18(10-72-40-30(62)22(54)14(49)7-71-40)77-44(34(66)28(36)60)79-35-17(76-41(33(65)27(35)59)73-13(3-4-45)5-19(50)51)9-70-39(68)37(21(53)12(2)48)80-42-31(63)25(57)23(55)15(6-46)74-42/h5,11-18,22-28,30-36,38-68H,3-4,6-10H2,1-2H3/b29-20+,37-21-. The van der Waals surface area contributed by atoms with Gasteiger partial charge in [0.1, 0.15) is 128 Å². The highest BCUT2D eigenvalue weighted by Gasteiger charge is 2.55. The second kappa shape index (κ2) is 30.1. The lowest BCUT2D eigenvalue weighted by molar-refractivity contribution is -0.386. The molecule has 0 aromatic heterocycles. The van der Waals surface area contributed by atoms with Gasteiger partial charge in [0.15, 0.2) is 48.2 Å². The summed E-state index contributed by atoms with van der Waals surface area (Å²) in [5, 5.41) is 251. The largest absolute Gasteiger partial charge is 0.506 e. The molecule has 5 fully saturated rings. The molecule has 5 aliphatic rings. The van der Waals surface area contributed by atoms with Crippen LogP contribution < -0.4 is 0 Å². The van der Waals surface area contributed by atoms with E-state index < -0.39 is 253 Å². The summed E-state index contributed by atoms with van der Waals surface area (Å²) in [6.45, 7) is -3.32. The number of aliphatic hydroxyl groups excluding tert-OH is 23. The number of ether oxygens (including phenoxy) is 12. The fourth-order valence-electron chi connectivity index (χ4n) is 8.50. The SMILES string of the molecule is CC(O)/C(O)=C(/OC1OC(CO)C(O)C(O)C1O)C(O)OCC1OC(OC(C=C(O)O)CCO)C(O)C(O)C1OC1OC(COC2OCC(O)C(O)C2O)C(OC2OC(COC(O)/C(O)=C(\O)C(C)O)C(O)C(O)C2O)C(O)C1O. The van der Waals surface area contributed by atoms with Gasteiger partial charge in [0.05, 0.1) is 39.1 Å². The molecule has 29 atom stereocenters. The van der Waals surface area contributed by atoms with Crippen LogP contribution >= 0.6 is 0 Å². The van der Waals surface area contributed by atoms with Crippen molar-refractivity contribution in [3.8, 4) is 0 Å². The third-order valence-corrected chi connectivity index (χ3v) is 13.2. The summed E-state index contributed by atoms with van der Waals surface area (Å²) < 4.78 is 66.7. The van der Waals surface area contributed by atoms with Crippen LogP contribution in [0.5, 0.6) is 0 Å². The summed E-state index contributed by atoms with van der Waals surface area (Å²) >= 11 is 0. The highest BCUT2D eigenvalue weighted by atomic mass is 16.8. The summed E-state index contributed by atoms with van der Waals surface area (Å²) in [7, 11) is 0. The van der Waals surface area contributed by atoms with Gasteiger partial charge in [0.25, 0.3) is 5.95 Å². The van der Waals surface area contributed by atoms with Gasteiger partial charge < -0.3 is 179 Å². The fraction of sp³-hybridized carbons (Fsp3) is 0.864. The minimum Gasteiger partial charge on any atom is -0.506 e. The van der Waals surface area contributed by atoms with Crippen molar-refractivity contribution >= 4 is 0 Å². The fourth-order valence-corrected chi connectivity index (χ4v) is 8.50. The van der Waals surface area contributed by atoms with Gasteiger partial charge in [-0.05, 0) is 13.8 Å². The maximum atomic E-state index is 11.8. The van der Waals surface area contributed by atoms with Crippen molar-refractivity contribution in [2.24, 2.45) is 0 Å². The number of rotatable bonds is 25. The van der Waals surface area contributed by atoms with Gasteiger partial charge >= 0.3 is 0 Å². The summed E-state index contributed by atoms with van der Waals surface area (Å²) in [6, 6.07) is 0. The molecule has 36 nitrogen and oxygen atoms in total. The van der Waals surface area contributed by atoms with Gasteiger partial charge in [0.2, 0.25) is 18.9 Å². The Morgan fingerprint density at radius 2 is 0.950 bits per heavy atom. The summed E-state index contributed by atoms with van der Waals surface area (Å²) in [5.41, 5.74) is 0. The Morgan fingerprint density at radius 3 is 1.50 bits per heavy atom. The second-order valence-corrected chi connectivity index (χ2v) is 19.1. The van der Waals surface area contributed by atoms with E-state index in [1.807, 2.05) is 0 Å². The van der Waals surface area contributed by atoms with E-state index in [2.05, 4.69) is 0 Å². The Morgan fingerprint density at radius 1 is 0.487 bits per heavy atom. The average molecular weight is 1180 g/mol. The monoisotopic (exact) mass is 1180 g/mol. The van der Waals surface area contributed by atoms with E-state index >= 15 is 0 Å². The van der Waals surface area contributed by atoms with Crippen molar-refractivity contribution in [2.45, 2.75) is 199 Å². The molecule has 5 aliphatic heterocycles. The van der Waals surface area contributed by atoms with Gasteiger partial charge in [-0.1, -0.05) is 0 Å². The van der Waals surface area contributed by atoms with Crippen molar-refractivity contribution in [1.29, 1.82) is 0 Å². The Balaban J connectivity index is 1.46. The Kier molecular flexibility index (Phi) is 25.4. The highest BCUT2D eigenvalue weighted by Crippen LogP contribution is 2.35. The van der Waals surface area contributed by atoms with Crippen LogP contribution in [0.15, 0.2) is 35.1 Å². The minimum absolute atomic E-state index is 0.400. The van der Waals surface area contributed by atoms with Crippen LogP contribution in [0.1, 0.15) is 20.3 Å². The van der Waals surface area contributed by atoms with Crippen molar-refractivity contribution in [3.05, 3.63) is 35.1 Å². The molecule has 80 heavy (non-hydrogen) atoms. The van der Waals surface area contributed by atoms with E-state index in [0.29, 0.717) is 6.08 Å². The third kappa shape index (κ3) is 16.4. The van der Waals surface area contributed by atoms with Gasteiger partial charge in [-0.25, -0.2) is 0 Å². The van der Waals surface area contributed by atoms with Crippen LogP contribution in [-0.4, -0.2) is 341 Å². The molecule has 0 aliphatic carbocycles. The Labute approximate surface area is 452 Å². The lowest BCUT2D eigenvalue weighted by Crippen LogP contribution is -2.67. The zero-order valence-electron chi connectivity index (χ0n) is 42.4. The first-order valence-corrected chi connectivity index (χ1v) is 24.7. The molecule has 29 unspecified atom stereocenters.